The van der Waals surface area contributed by atoms with Gasteiger partial charge in [0.05, 0.1) is 0 Å². The second kappa shape index (κ2) is 4.46. The monoisotopic (exact) mass is 185 g/mol. The molecule has 0 bridgehead atoms. The fraction of sp³-hybridized carbons (Fsp3) is 0.889. The maximum atomic E-state index is 11.3. The number of carbonyl (C=O) groups is 1. The molecule has 0 radical (unpaired) electrons. The van der Waals surface area contributed by atoms with Crippen molar-refractivity contribution in [1.29, 1.82) is 0 Å². The van der Waals surface area contributed by atoms with Gasteiger partial charge in [0.1, 0.15) is 0 Å². The van der Waals surface area contributed by atoms with Crippen molar-refractivity contribution in [3.05, 3.63) is 0 Å². The number of hydrogen-bond donors (Lipinski definition) is 2. The SMILES string of the molecule is C[C@@H]1CCNC[C@@H]1NC(=O)N(C)C. The third-order valence-electron chi connectivity index (χ3n) is 2.54. The first kappa shape index (κ1) is 10.3. The number of carbonyl (C=O) groups excluding carboxylic acids is 1. The van der Waals surface area contributed by atoms with Crippen molar-refractivity contribution in [2.75, 3.05) is 27.2 Å². The van der Waals surface area contributed by atoms with E-state index in [2.05, 4.69) is 17.6 Å². The van der Waals surface area contributed by atoms with Gasteiger partial charge in [-0.3, -0.25) is 0 Å². The number of rotatable bonds is 1. The molecule has 1 aliphatic heterocycles. The lowest BCUT2D eigenvalue weighted by Gasteiger charge is -2.31. The standard InChI is InChI=1S/C9H19N3O/c1-7-4-5-10-6-8(7)11-9(13)12(2)3/h7-8,10H,4-6H2,1-3H3,(H,11,13)/t7-,8+/m1/s1. The zero-order chi connectivity index (χ0) is 9.84. The Morgan fingerprint density at radius 3 is 2.77 bits per heavy atom. The van der Waals surface area contributed by atoms with Gasteiger partial charge in [-0.25, -0.2) is 4.79 Å². The van der Waals surface area contributed by atoms with E-state index in [4.69, 9.17) is 0 Å². The molecule has 4 nitrogen and oxygen atoms in total. The summed E-state index contributed by atoms with van der Waals surface area (Å²) in [6.45, 7) is 4.14. The van der Waals surface area contributed by atoms with Crippen LogP contribution in [-0.2, 0) is 0 Å². The Balaban J connectivity index is 2.38. The number of urea groups is 1. The normalized spacial score (nSPS) is 28.2. The summed E-state index contributed by atoms with van der Waals surface area (Å²) >= 11 is 0. The van der Waals surface area contributed by atoms with E-state index in [1.807, 2.05) is 0 Å². The molecule has 0 spiro atoms. The second-order valence-electron chi connectivity index (χ2n) is 3.92. The van der Waals surface area contributed by atoms with Crippen molar-refractivity contribution >= 4 is 6.03 Å². The molecule has 2 N–H and O–H groups in total. The number of nitrogens with zero attached hydrogens (tertiary/aromatic N) is 1. The summed E-state index contributed by atoms with van der Waals surface area (Å²) < 4.78 is 0. The lowest BCUT2D eigenvalue weighted by atomic mass is 9.95. The maximum Gasteiger partial charge on any atom is 0.317 e. The first-order chi connectivity index (χ1) is 6.11. The molecule has 1 aliphatic rings. The summed E-state index contributed by atoms with van der Waals surface area (Å²) in [7, 11) is 3.52. The first-order valence-electron chi connectivity index (χ1n) is 4.80. The summed E-state index contributed by atoms with van der Waals surface area (Å²) in [6, 6.07) is 0.282. The molecular formula is C9H19N3O. The highest BCUT2D eigenvalue weighted by atomic mass is 16.2. The van der Waals surface area contributed by atoms with E-state index in [1.165, 1.54) is 0 Å². The average Bonchev–Trinajstić information content (AvgIpc) is 2.08. The number of nitrogens with one attached hydrogen (secondary N) is 2. The molecule has 0 aromatic rings. The van der Waals surface area contributed by atoms with Gasteiger partial charge in [-0.2, -0.15) is 0 Å². The molecule has 0 aromatic carbocycles. The summed E-state index contributed by atoms with van der Waals surface area (Å²) in [6.07, 6.45) is 1.14. The topological polar surface area (TPSA) is 44.4 Å². The van der Waals surface area contributed by atoms with Crippen molar-refractivity contribution < 1.29 is 4.79 Å². The minimum Gasteiger partial charge on any atom is -0.334 e. The van der Waals surface area contributed by atoms with E-state index in [-0.39, 0.29) is 12.1 Å². The molecule has 0 saturated carbocycles. The largest absolute Gasteiger partial charge is 0.334 e. The van der Waals surface area contributed by atoms with Crippen LogP contribution in [0.25, 0.3) is 0 Å². The van der Waals surface area contributed by atoms with E-state index >= 15 is 0 Å². The van der Waals surface area contributed by atoms with Crippen molar-refractivity contribution in [2.45, 2.75) is 19.4 Å². The highest BCUT2D eigenvalue weighted by molar-refractivity contribution is 5.73. The Labute approximate surface area is 79.7 Å². The van der Waals surface area contributed by atoms with Crippen molar-refractivity contribution in [1.82, 2.24) is 15.5 Å². The molecule has 1 heterocycles. The molecule has 1 rings (SSSR count). The average molecular weight is 185 g/mol. The van der Waals surface area contributed by atoms with Gasteiger partial charge in [-0.05, 0) is 18.9 Å². The smallest absolute Gasteiger partial charge is 0.317 e. The molecular weight excluding hydrogens is 166 g/mol. The lowest BCUT2D eigenvalue weighted by molar-refractivity contribution is 0.202. The van der Waals surface area contributed by atoms with Gasteiger partial charge in [0.2, 0.25) is 0 Å². The summed E-state index contributed by atoms with van der Waals surface area (Å²) in [5.74, 6) is 0.574. The van der Waals surface area contributed by atoms with Gasteiger partial charge in [0.25, 0.3) is 0 Å². The first-order valence-corrected chi connectivity index (χ1v) is 4.80. The molecule has 4 heteroatoms. The van der Waals surface area contributed by atoms with Gasteiger partial charge in [0, 0.05) is 26.7 Å². The second-order valence-corrected chi connectivity index (χ2v) is 3.92. The predicted molar refractivity (Wildman–Crippen MR) is 52.7 cm³/mol. The Morgan fingerprint density at radius 2 is 2.23 bits per heavy atom. The summed E-state index contributed by atoms with van der Waals surface area (Å²) in [5, 5.41) is 6.27. The molecule has 2 amide bonds. The quantitative estimate of drug-likeness (QED) is 0.615. The Bertz CT molecular complexity index is 182. The minimum atomic E-state index is 0.000509. The number of hydrogen-bond acceptors (Lipinski definition) is 2. The molecule has 76 valence electrons. The highest BCUT2D eigenvalue weighted by Crippen LogP contribution is 2.10. The third kappa shape index (κ3) is 2.88. The van der Waals surface area contributed by atoms with Crippen LogP contribution in [0.2, 0.25) is 0 Å². The van der Waals surface area contributed by atoms with Crippen LogP contribution in [0.15, 0.2) is 0 Å². The molecule has 0 aliphatic carbocycles. The molecule has 1 fully saturated rings. The Hall–Kier alpha value is -0.770. The van der Waals surface area contributed by atoms with E-state index in [1.54, 1.807) is 19.0 Å². The molecule has 1 saturated heterocycles. The number of piperidine rings is 1. The van der Waals surface area contributed by atoms with E-state index in [9.17, 15) is 4.79 Å². The van der Waals surface area contributed by atoms with Crippen molar-refractivity contribution in [3.63, 3.8) is 0 Å². The molecule has 2 atom stereocenters. The van der Waals surface area contributed by atoms with Gasteiger partial charge in [-0.15, -0.1) is 0 Å². The molecule has 13 heavy (non-hydrogen) atoms. The van der Waals surface area contributed by atoms with Crippen LogP contribution in [0.5, 0.6) is 0 Å². The van der Waals surface area contributed by atoms with Crippen LogP contribution in [0.4, 0.5) is 4.79 Å². The van der Waals surface area contributed by atoms with Crippen LogP contribution >= 0.6 is 0 Å². The Kier molecular flexibility index (Phi) is 3.54. The zero-order valence-electron chi connectivity index (χ0n) is 8.63. The van der Waals surface area contributed by atoms with E-state index in [0.29, 0.717) is 5.92 Å². The third-order valence-corrected chi connectivity index (χ3v) is 2.54. The zero-order valence-corrected chi connectivity index (χ0v) is 8.63. The fourth-order valence-corrected chi connectivity index (χ4v) is 1.47. The van der Waals surface area contributed by atoms with Gasteiger partial charge < -0.3 is 15.5 Å². The van der Waals surface area contributed by atoms with Crippen LogP contribution < -0.4 is 10.6 Å². The maximum absolute atomic E-state index is 11.3. The predicted octanol–water partition coefficient (Wildman–Crippen LogP) is 0.256. The van der Waals surface area contributed by atoms with Crippen molar-refractivity contribution in [2.24, 2.45) is 5.92 Å². The van der Waals surface area contributed by atoms with Gasteiger partial charge in [0.15, 0.2) is 0 Å². The lowest BCUT2D eigenvalue weighted by Crippen LogP contribution is -2.52. The van der Waals surface area contributed by atoms with Gasteiger partial charge in [-0.1, -0.05) is 6.92 Å². The van der Waals surface area contributed by atoms with Crippen LogP contribution in [0.1, 0.15) is 13.3 Å². The Morgan fingerprint density at radius 1 is 1.54 bits per heavy atom. The van der Waals surface area contributed by atoms with Crippen LogP contribution in [0, 0.1) is 5.92 Å². The molecule has 0 unspecified atom stereocenters. The fourth-order valence-electron chi connectivity index (χ4n) is 1.47. The molecule has 0 aromatic heterocycles. The van der Waals surface area contributed by atoms with Gasteiger partial charge >= 0.3 is 6.03 Å². The number of amides is 2. The summed E-state index contributed by atoms with van der Waals surface area (Å²) in [4.78, 5) is 12.9. The summed E-state index contributed by atoms with van der Waals surface area (Å²) in [5.41, 5.74) is 0. The minimum absolute atomic E-state index is 0.000509. The highest BCUT2D eigenvalue weighted by Gasteiger charge is 2.22. The van der Waals surface area contributed by atoms with E-state index < -0.39 is 0 Å². The van der Waals surface area contributed by atoms with Crippen LogP contribution in [0.3, 0.4) is 0 Å². The van der Waals surface area contributed by atoms with E-state index in [0.717, 1.165) is 19.5 Å². The van der Waals surface area contributed by atoms with Crippen LogP contribution in [-0.4, -0.2) is 44.2 Å². The van der Waals surface area contributed by atoms with Crippen molar-refractivity contribution in [3.8, 4) is 0 Å².